The lowest BCUT2D eigenvalue weighted by atomic mass is 9.96. The first-order valence-electron chi connectivity index (χ1n) is 7.69. The van der Waals surface area contributed by atoms with Crippen LogP contribution in [0.4, 0.5) is 0 Å². The Bertz CT molecular complexity index is 711. The summed E-state index contributed by atoms with van der Waals surface area (Å²) in [6.07, 6.45) is 3.47. The molecule has 0 fully saturated rings. The number of hydrogen-bond acceptors (Lipinski definition) is 2. The molecule has 23 heavy (non-hydrogen) atoms. The second-order valence-corrected chi connectivity index (χ2v) is 5.51. The number of carbonyl (C=O) groups excluding carboxylic acids is 1. The molecule has 0 saturated carbocycles. The number of amides is 1. The molecular weight excluding hydrogens is 286 g/mol. The summed E-state index contributed by atoms with van der Waals surface area (Å²) in [5.41, 5.74) is 1.01. The van der Waals surface area contributed by atoms with Crippen LogP contribution in [0.1, 0.15) is 18.4 Å². The van der Waals surface area contributed by atoms with Crippen molar-refractivity contribution in [3.05, 3.63) is 67.3 Å². The van der Waals surface area contributed by atoms with E-state index in [2.05, 4.69) is 19.2 Å². The third kappa shape index (κ3) is 3.81. The fourth-order valence-corrected chi connectivity index (χ4v) is 2.62. The molecule has 0 spiro atoms. The molecule has 0 heterocycles. The van der Waals surface area contributed by atoms with Crippen LogP contribution in [0.3, 0.4) is 0 Å². The summed E-state index contributed by atoms with van der Waals surface area (Å²) < 4.78 is 5.24. The van der Waals surface area contributed by atoms with Gasteiger partial charge in [0.25, 0.3) is 0 Å². The van der Waals surface area contributed by atoms with Crippen molar-refractivity contribution in [3.8, 4) is 5.75 Å². The zero-order valence-corrected chi connectivity index (χ0v) is 13.8. The van der Waals surface area contributed by atoms with Gasteiger partial charge in [0, 0.05) is 13.1 Å². The zero-order valence-electron chi connectivity index (χ0n) is 13.8. The van der Waals surface area contributed by atoms with Gasteiger partial charge < -0.3 is 9.64 Å². The Kier molecular flexibility index (Phi) is 5.58. The van der Waals surface area contributed by atoms with Gasteiger partial charge in [-0.15, -0.1) is 13.2 Å². The highest BCUT2D eigenvalue weighted by Gasteiger charge is 2.20. The van der Waals surface area contributed by atoms with Gasteiger partial charge in [-0.05, 0) is 35.4 Å². The Hall–Kier alpha value is -2.55. The molecule has 1 amide bonds. The van der Waals surface area contributed by atoms with E-state index in [0.717, 1.165) is 22.1 Å². The van der Waals surface area contributed by atoms with Crippen LogP contribution in [0.2, 0.25) is 0 Å². The predicted octanol–water partition coefficient (Wildman–Crippen LogP) is 4.15. The van der Waals surface area contributed by atoms with E-state index in [1.54, 1.807) is 24.2 Å². The van der Waals surface area contributed by atoms with Crippen LogP contribution in [0.25, 0.3) is 10.8 Å². The molecule has 0 aliphatic heterocycles. The number of fused-ring (bicyclic) bond motifs is 1. The average Bonchev–Trinajstić information content (AvgIpc) is 2.59. The number of rotatable bonds is 7. The van der Waals surface area contributed by atoms with E-state index < -0.39 is 0 Å². The largest absolute Gasteiger partial charge is 0.497 e. The van der Waals surface area contributed by atoms with Gasteiger partial charge in [-0.2, -0.15) is 0 Å². The van der Waals surface area contributed by atoms with Gasteiger partial charge in [-0.1, -0.05) is 36.4 Å². The van der Waals surface area contributed by atoms with E-state index in [4.69, 9.17) is 4.74 Å². The molecule has 0 saturated heterocycles. The first kappa shape index (κ1) is 16.8. The fourth-order valence-electron chi connectivity index (χ4n) is 2.62. The van der Waals surface area contributed by atoms with E-state index in [0.29, 0.717) is 13.1 Å². The standard InChI is InChI=1S/C20H23NO2/c1-5-11-21(12-6-2)20(22)15(3)16-7-8-18-14-19(23-4)10-9-17(18)13-16/h5-10,13-15H,1-2,11-12H2,3-4H3/t15-/m0/s1. The van der Waals surface area contributed by atoms with Gasteiger partial charge in [0.2, 0.25) is 5.91 Å². The van der Waals surface area contributed by atoms with Gasteiger partial charge in [0.05, 0.1) is 13.0 Å². The van der Waals surface area contributed by atoms with Crippen molar-refractivity contribution in [1.82, 2.24) is 4.90 Å². The maximum Gasteiger partial charge on any atom is 0.230 e. The second kappa shape index (κ2) is 7.63. The lowest BCUT2D eigenvalue weighted by molar-refractivity contribution is -0.131. The molecule has 0 bridgehead atoms. The summed E-state index contributed by atoms with van der Waals surface area (Å²) in [4.78, 5) is 14.4. The van der Waals surface area contributed by atoms with E-state index in [1.165, 1.54) is 0 Å². The quantitative estimate of drug-likeness (QED) is 0.719. The molecule has 120 valence electrons. The van der Waals surface area contributed by atoms with Crippen molar-refractivity contribution in [2.75, 3.05) is 20.2 Å². The molecule has 3 nitrogen and oxygen atoms in total. The fraction of sp³-hybridized carbons (Fsp3) is 0.250. The van der Waals surface area contributed by atoms with Crippen molar-refractivity contribution in [2.45, 2.75) is 12.8 Å². The highest BCUT2D eigenvalue weighted by Crippen LogP contribution is 2.26. The number of nitrogens with zero attached hydrogens (tertiary/aromatic N) is 1. The van der Waals surface area contributed by atoms with E-state index in [1.807, 2.05) is 37.3 Å². The summed E-state index contributed by atoms with van der Waals surface area (Å²) in [5.74, 6) is 0.705. The molecule has 2 rings (SSSR count). The molecule has 1 atom stereocenters. The topological polar surface area (TPSA) is 29.5 Å². The Labute approximate surface area is 137 Å². The molecular formula is C20H23NO2. The maximum atomic E-state index is 12.7. The van der Waals surface area contributed by atoms with Crippen molar-refractivity contribution in [1.29, 1.82) is 0 Å². The Balaban J connectivity index is 2.29. The zero-order chi connectivity index (χ0) is 16.8. The normalized spacial score (nSPS) is 11.7. The van der Waals surface area contributed by atoms with E-state index >= 15 is 0 Å². The van der Waals surface area contributed by atoms with Crippen LogP contribution in [-0.4, -0.2) is 31.0 Å². The Morgan fingerprint density at radius 2 is 1.74 bits per heavy atom. The SMILES string of the molecule is C=CCN(CC=C)C(=O)[C@@H](C)c1ccc2cc(OC)ccc2c1. The average molecular weight is 309 g/mol. The number of methoxy groups -OCH3 is 1. The number of hydrogen-bond donors (Lipinski definition) is 0. The summed E-state index contributed by atoms with van der Waals surface area (Å²) in [6, 6.07) is 12.0. The molecule has 3 heteroatoms. The molecule has 0 radical (unpaired) electrons. The number of ether oxygens (including phenoxy) is 1. The van der Waals surface area contributed by atoms with Gasteiger partial charge in [0.15, 0.2) is 0 Å². The minimum atomic E-state index is -0.207. The highest BCUT2D eigenvalue weighted by atomic mass is 16.5. The van der Waals surface area contributed by atoms with Crippen LogP contribution < -0.4 is 4.74 Å². The van der Waals surface area contributed by atoms with Crippen molar-refractivity contribution in [2.24, 2.45) is 0 Å². The molecule has 0 aliphatic carbocycles. The van der Waals surface area contributed by atoms with Gasteiger partial charge in [-0.3, -0.25) is 4.79 Å². The third-order valence-electron chi connectivity index (χ3n) is 3.95. The van der Waals surface area contributed by atoms with Gasteiger partial charge in [0.1, 0.15) is 5.75 Å². The molecule has 0 N–H and O–H groups in total. The monoisotopic (exact) mass is 309 g/mol. The van der Waals surface area contributed by atoms with E-state index in [-0.39, 0.29) is 11.8 Å². The first-order valence-corrected chi connectivity index (χ1v) is 7.69. The smallest absolute Gasteiger partial charge is 0.230 e. The van der Waals surface area contributed by atoms with Crippen LogP contribution in [-0.2, 0) is 4.79 Å². The van der Waals surface area contributed by atoms with Crippen LogP contribution in [0.5, 0.6) is 5.75 Å². The minimum absolute atomic E-state index is 0.0812. The Morgan fingerprint density at radius 1 is 1.13 bits per heavy atom. The van der Waals surface area contributed by atoms with Crippen molar-refractivity contribution < 1.29 is 9.53 Å². The summed E-state index contributed by atoms with van der Waals surface area (Å²) in [7, 11) is 1.66. The van der Waals surface area contributed by atoms with Crippen molar-refractivity contribution >= 4 is 16.7 Å². The third-order valence-corrected chi connectivity index (χ3v) is 3.95. The number of carbonyl (C=O) groups is 1. The van der Waals surface area contributed by atoms with Gasteiger partial charge >= 0.3 is 0 Å². The molecule has 0 aromatic heterocycles. The lowest BCUT2D eigenvalue weighted by Gasteiger charge is -2.23. The van der Waals surface area contributed by atoms with Crippen LogP contribution in [0, 0.1) is 0 Å². The lowest BCUT2D eigenvalue weighted by Crippen LogP contribution is -2.34. The second-order valence-electron chi connectivity index (χ2n) is 5.51. The molecule has 2 aromatic carbocycles. The first-order chi connectivity index (χ1) is 11.1. The highest BCUT2D eigenvalue weighted by molar-refractivity contribution is 5.88. The van der Waals surface area contributed by atoms with Crippen LogP contribution in [0.15, 0.2) is 61.7 Å². The molecule has 0 unspecified atom stereocenters. The Morgan fingerprint density at radius 3 is 2.35 bits per heavy atom. The number of benzene rings is 2. The minimum Gasteiger partial charge on any atom is -0.497 e. The molecule has 2 aromatic rings. The van der Waals surface area contributed by atoms with E-state index in [9.17, 15) is 4.79 Å². The van der Waals surface area contributed by atoms with Crippen LogP contribution >= 0.6 is 0 Å². The predicted molar refractivity (Wildman–Crippen MR) is 95.9 cm³/mol. The van der Waals surface area contributed by atoms with Gasteiger partial charge in [-0.25, -0.2) is 0 Å². The summed E-state index contributed by atoms with van der Waals surface area (Å²) in [5, 5.41) is 2.20. The van der Waals surface area contributed by atoms with Crippen molar-refractivity contribution in [3.63, 3.8) is 0 Å². The summed E-state index contributed by atoms with van der Waals surface area (Å²) >= 11 is 0. The maximum absolute atomic E-state index is 12.7. The molecule has 0 aliphatic rings. The summed E-state index contributed by atoms with van der Waals surface area (Å²) in [6.45, 7) is 10.4.